The van der Waals surface area contributed by atoms with Crippen molar-refractivity contribution in [2.45, 2.75) is 13.0 Å². The first-order valence-electron chi connectivity index (χ1n) is 4.39. The maximum absolute atomic E-state index is 9.49. The van der Waals surface area contributed by atoms with Gasteiger partial charge in [-0.15, -0.1) is 0 Å². The van der Waals surface area contributed by atoms with E-state index < -0.39 is 6.10 Å². The Kier molecular flexibility index (Phi) is 2.10. The van der Waals surface area contributed by atoms with E-state index in [2.05, 4.69) is 0 Å². The second-order valence-electron chi connectivity index (χ2n) is 2.96. The van der Waals surface area contributed by atoms with Gasteiger partial charge in [-0.25, -0.2) is 0 Å². The third kappa shape index (κ3) is 1.47. The molecule has 1 aromatic carbocycles. The van der Waals surface area contributed by atoms with Crippen LogP contribution in [0.5, 0.6) is 11.5 Å². The molecule has 70 valence electrons. The molecule has 1 heterocycles. The highest BCUT2D eigenvalue weighted by Gasteiger charge is 2.21. The Morgan fingerprint density at radius 2 is 2.46 bits per heavy atom. The summed E-state index contributed by atoms with van der Waals surface area (Å²) in [5, 5.41) is 9.49. The third-order valence-corrected chi connectivity index (χ3v) is 2.05. The van der Waals surface area contributed by atoms with Gasteiger partial charge in [-0.2, -0.15) is 0 Å². The van der Waals surface area contributed by atoms with E-state index >= 15 is 0 Å². The van der Waals surface area contributed by atoms with Gasteiger partial charge in [-0.1, -0.05) is 0 Å². The molecule has 0 aromatic heterocycles. The lowest BCUT2D eigenvalue weighted by Gasteiger charge is -2.05. The zero-order valence-corrected chi connectivity index (χ0v) is 7.49. The van der Waals surface area contributed by atoms with Crippen LogP contribution < -0.4 is 9.47 Å². The van der Waals surface area contributed by atoms with E-state index in [1.54, 1.807) is 0 Å². The van der Waals surface area contributed by atoms with Gasteiger partial charge < -0.3 is 14.6 Å². The lowest BCUT2D eigenvalue weighted by molar-refractivity contribution is 0.140. The molecule has 0 aliphatic carbocycles. The van der Waals surface area contributed by atoms with Crippen LogP contribution >= 0.6 is 0 Å². The normalized spacial score (nSPS) is 19.4. The molecule has 0 amide bonds. The number of ether oxygens (including phenoxy) is 2. The van der Waals surface area contributed by atoms with E-state index in [4.69, 9.17) is 9.47 Å². The molecule has 1 aliphatic heterocycles. The molecule has 0 saturated carbocycles. The molecule has 2 rings (SSSR count). The van der Waals surface area contributed by atoms with Gasteiger partial charge in [0.2, 0.25) is 0 Å². The van der Waals surface area contributed by atoms with Gasteiger partial charge in [0.05, 0.1) is 6.61 Å². The first-order valence-corrected chi connectivity index (χ1v) is 4.39. The van der Waals surface area contributed by atoms with Crippen LogP contribution in [0.15, 0.2) is 18.2 Å². The summed E-state index contributed by atoms with van der Waals surface area (Å²) in [7, 11) is 0. The number of fused-ring (bicyclic) bond motifs is 1. The summed E-state index contributed by atoms with van der Waals surface area (Å²) in [6, 6.07) is 5.51. The van der Waals surface area contributed by atoms with Crippen molar-refractivity contribution in [3.8, 4) is 11.5 Å². The van der Waals surface area contributed by atoms with Gasteiger partial charge in [0.1, 0.15) is 24.2 Å². The zero-order chi connectivity index (χ0) is 9.26. The minimum absolute atomic E-state index is 0.352. The monoisotopic (exact) mass is 180 g/mol. The smallest absolute Gasteiger partial charge is 0.125 e. The van der Waals surface area contributed by atoms with Crippen molar-refractivity contribution in [3.05, 3.63) is 23.8 Å². The highest BCUT2D eigenvalue weighted by molar-refractivity contribution is 5.43. The highest BCUT2D eigenvalue weighted by Crippen LogP contribution is 2.34. The van der Waals surface area contributed by atoms with Gasteiger partial charge in [0, 0.05) is 5.56 Å². The second-order valence-corrected chi connectivity index (χ2v) is 2.96. The highest BCUT2D eigenvalue weighted by atomic mass is 16.5. The van der Waals surface area contributed by atoms with E-state index in [0.717, 1.165) is 17.1 Å². The average Bonchev–Trinajstić information content (AvgIpc) is 2.49. The summed E-state index contributed by atoms with van der Waals surface area (Å²) in [4.78, 5) is 0. The van der Waals surface area contributed by atoms with Crippen LogP contribution in [0.25, 0.3) is 0 Å². The van der Waals surface area contributed by atoms with Gasteiger partial charge in [0.15, 0.2) is 0 Å². The fourth-order valence-corrected chi connectivity index (χ4v) is 1.43. The minimum atomic E-state index is -0.504. The molecular formula is C10H12O3. The Morgan fingerprint density at radius 3 is 3.23 bits per heavy atom. The number of aliphatic hydroxyl groups is 1. The number of aliphatic hydroxyl groups excluding tert-OH is 1. The number of hydrogen-bond acceptors (Lipinski definition) is 3. The molecule has 1 N–H and O–H groups in total. The molecule has 1 aromatic rings. The summed E-state index contributed by atoms with van der Waals surface area (Å²) in [6.45, 7) is 2.92. The van der Waals surface area contributed by atoms with Crippen LogP contribution in [-0.2, 0) is 0 Å². The van der Waals surface area contributed by atoms with Crippen LogP contribution in [0, 0.1) is 0 Å². The van der Waals surface area contributed by atoms with E-state index in [-0.39, 0.29) is 0 Å². The van der Waals surface area contributed by atoms with Gasteiger partial charge in [-0.3, -0.25) is 0 Å². The largest absolute Gasteiger partial charge is 0.494 e. The molecule has 0 spiro atoms. The van der Waals surface area contributed by atoms with Gasteiger partial charge >= 0.3 is 0 Å². The van der Waals surface area contributed by atoms with Crippen LogP contribution in [0.4, 0.5) is 0 Å². The predicted octanol–water partition coefficient (Wildman–Crippen LogP) is 1.51. The third-order valence-electron chi connectivity index (χ3n) is 2.05. The van der Waals surface area contributed by atoms with Crippen molar-refractivity contribution < 1.29 is 14.6 Å². The van der Waals surface area contributed by atoms with Gasteiger partial charge in [-0.05, 0) is 25.1 Å². The maximum atomic E-state index is 9.49. The molecule has 0 bridgehead atoms. The number of rotatable bonds is 2. The summed E-state index contributed by atoms with van der Waals surface area (Å²) < 4.78 is 10.6. The first kappa shape index (κ1) is 8.38. The van der Waals surface area contributed by atoms with Crippen molar-refractivity contribution in [1.82, 2.24) is 0 Å². The van der Waals surface area contributed by atoms with Crippen LogP contribution in [0.2, 0.25) is 0 Å². The Hall–Kier alpha value is -1.22. The molecule has 1 atom stereocenters. The molecule has 3 heteroatoms. The molecule has 13 heavy (non-hydrogen) atoms. The summed E-state index contributed by atoms with van der Waals surface area (Å²) >= 11 is 0. The first-order chi connectivity index (χ1) is 6.31. The summed E-state index contributed by atoms with van der Waals surface area (Å²) in [6.07, 6.45) is -0.504. The molecular weight excluding hydrogens is 168 g/mol. The Morgan fingerprint density at radius 1 is 1.62 bits per heavy atom. The quantitative estimate of drug-likeness (QED) is 0.749. The van der Waals surface area contributed by atoms with E-state index in [9.17, 15) is 5.11 Å². The Bertz CT molecular complexity index is 309. The van der Waals surface area contributed by atoms with Crippen molar-refractivity contribution in [2.24, 2.45) is 0 Å². The van der Waals surface area contributed by atoms with E-state index in [1.807, 2.05) is 25.1 Å². The molecule has 0 fully saturated rings. The second kappa shape index (κ2) is 3.26. The zero-order valence-electron chi connectivity index (χ0n) is 7.49. The van der Waals surface area contributed by atoms with Crippen molar-refractivity contribution in [1.29, 1.82) is 0 Å². The SMILES string of the molecule is CCOc1ccc2c(c1)C(O)CO2. The van der Waals surface area contributed by atoms with Crippen molar-refractivity contribution >= 4 is 0 Å². The Labute approximate surface area is 76.9 Å². The molecule has 3 nitrogen and oxygen atoms in total. The minimum Gasteiger partial charge on any atom is -0.494 e. The van der Waals surface area contributed by atoms with Crippen molar-refractivity contribution in [2.75, 3.05) is 13.2 Å². The molecule has 0 saturated heterocycles. The van der Waals surface area contributed by atoms with E-state index in [0.29, 0.717) is 13.2 Å². The number of benzene rings is 1. The molecule has 1 unspecified atom stereocenters. The predicted molar refractivity (Wildman–Crippen MR) is 48.1 cm³/mol. The Balaban J connectivity index is 2.31. The topological polar surface area (TPSA) is 38.7 Å². The van der Waals surface area contributed by atoms with Crippen LogP contribution in [0.1, 0.15) is 18.6 Å². The standard InChI is InChI=1S/C10H12O3/c1-2-12-7-3-4-10-8(5-7)9(11)6-13-10/h3-5,9,11H,2,6H2,1H3. The van der Waals surface area contributed by atoms with Crippen LogP contribution in [-0.4, -0.2) is 18.3 Å². The molecule has 0 radical (unpaired) electrons. The van der Waals surface area contributed by atoms with E-state index in [1.165, 1.54) is 0 Å². The van der Waals surface area contributed by atoms with Crippen molar-refractivity contribution in [3.63, 3.8) is 0 Å². The summed E-state index contributed by atoms with van der Waals surface area (Å²) in [5.41, 5.74) is 0.825. The fourth-order valence-electron chi connectivity index (χ4n) is 1.43. The van der Waals surface area contributed by atoms with Gasteiger partial charge in [0.25, 0.3) is 0 Å². The summed E-state index contributed by atoms with van der Waals surface area (Å²) in [5.74, 6) is 1.54. The number of hydrogen-bond donors (Lipinski definition) is 1. The average molecular weight is 180 g/mol. The molecule has 1 aliphatic rings. The maximum Gasteiger partial charge on any atom is 0.125 e. The lowest BCUT2D eigenvalue weighted by Crippen LogP contribution is -1.97. The fraction of sp³-hybridized carbons (Fsp3) is 0.400. The lowest BCUT2D eigenvalue weighted by atomic mass is 10.1. The van der Waals surface area contributed by atoms with Crippen LogP contribution in [0.3, 0.4) is 0 Å².